The van der Waals surface area contributed by atoms with Gasteiger partial charge in [0, 0.05) is 23.9 Å². The summed E-state index contributed by atoms with van der Waals surface area (Å²) in [5.74, 6) is -2.21. The van der Waals surface area contributed by atoms with E-state index in [1.54, 1.807) is 12.1 Å². The molecule has 1 aromatic heterocycles. The highest BCUT2D eigenvalue weighted by atomic mass is 16.5. The number of allylic oxidation sites excluding steroid dienone is 4. The number of carbonyl (C=O) groups is 3. The molecule has 0 amide bonds. The van der Waals surface area contributed by atoms with Crippen LogP contribution in [-0.2, 0) is 26.3 Å². The van der Waals surface area contributed by atoms with Gasteiger partial charge in [0.25, 0.3) is 0 Å². The molecular weight excluding hydrogens is 470 g/mol. The van der Waals surface area contributed by atoms with Gasteiger partial charge in [0.05, 0.1) is 30.1 Å². The van der Waals surface area contributed by atoms with Gasteiger partial charge in [-0.3, -0.25) is 14.4 Å². The predicted octanol–water partition coefficient (Wildman–Crippen LogP) is 2.33. The standard InChI is InChI=1S/C26H27NO9/c1-12-22(31)20(14(3)28)24-21(23(12)32)26(4)18(36-24)8-17(30)19(25(26)33)13(2)27-9-15(29)10-34-11-16-6-5-7-35-16/h5-8,15,27,29,31-32H,9-11H2,1-4H3/b19-13+/t15-,26-/m0/s1. The number of rotatable bonds is 8. The summed E-state index contributed by atoms with van der Waals surface area (Å²) in [6.45, 7) is 5.84. The maximum absolute atomic E-state index is 13.7. The topological polar surface area (TPSA) is 156 Å². The van der Waals surface area contributed by atoms with E-state index in [1.165, 1.54) is 34.0 Å². The van der Waals surface area contributed by atoms with Crippen molar-refractivity contribution in [2.75, 3.05) is 13.2 Å². The lowest BCUT2D eigenvalue weighted by atomic mass is 9.70. The minimum Gasteiger partial charge on any atom is -0.507 e. The van der Waals surface area contributed by atoms with Crippen LogP contribution in [0.2, 0.25) is 0 Å². The Morgan fingerprint density at radius 2 is 1.94 bits per heavy atom. The van der Waals surface area contributed by atoms with Gasteiger partial charge >= 0.3 is 0 Å². The van der Waals surface area contributed by atoms with E-state index in [2.05, 4.69) is 5.32 Å². The average Bonchev–Trinajstić information content (AvgIpc) is 3.43. The molecule has 0 fully saturated rings. The van der Waals surface area contributed by atoms with E-state index < -0.39 is 40.4 Å². The van der Waals surface area contributed by atoms with Gasteiger partial charge in [-0.05, 0) is 39.8 Å². The number of hydrogen-bond acceptors (Lipinski definition) is 10. The number of benzene rings is 1. The molecule has 1 aliphatic carbocycles. The number of hydrogen-bond donors (Lipinski definition) is 4. The Morgan fingerprint density at radius 1 is 1.22 bits per heavy atom. The smallest absolute Gasteiger partial charge is 0.194 e. The molecule has 0 saturated heterocycles. The molecule has 1 aromatic carbocycles. The third-order valence-electron chi connectivity index (χ3n) is 6.50. The van der Waals surface area contributed by atoms with Crippen LogP contribution in [0.3, 0.4) is 0 Å². The molecular formula is C26H27NO9. The zero-order valence-electron chi connectivity index (χ0n) is 20.3. The van der Waals surface area contributed by atoms with E-state index in [0.29, 0.717) is 5.76 Å². The molecule has 36 heavy (non-hydrogen) atoms. The maximum Gasteiger partial charge on any atom is 0.194 e. The minimum absolute atomic E-state index is 0.00113. The van der Waals surface area contributed by atoms with Crippen LogP contribution in [0.1, 0.15) is 48.0 Å². The van der Waals surface area contributed by atoms with Crippen molar-refractivity contribution in [3.8, 4) is 17.2 Å². The van der Waals surface area contributed by atoms with E-state index in [-0.39, 0.29) is 59.2 Å². The van der Waals surface area contributed by atoms with Crippen LogP contribution in [0, 0.1) is 6.92 Å². The second kappa shape index (κ2) is 9.29. The Balaban J connectivity index is 1.60. The minimum atomic E-state index is -1.60. The molecule has 10 nitrogen and oxygen atoms in total. The molecule has 1 aliphatic heterocycles. The molecule has 2 atom stereocenters. The van der Waals surface area contributed by atoms with Crippen molar-refractivity contribution in [3.63, 3.8) is 0 Å². The van der Waals surface area contributed by atoms with Crippen LogP contribution >= 0.6 is 0 Å². The lowest BCUT2D eigenvalue weighted by molar-refractivity contribution is -0.123. The third kappa shape index (κ3) is 3.98. The van der Waals surface area contributed by atoms with Crippen molar-refractivity contribution < 1.29 is 43.6 Å². The zero-order valence-corrected chi connectivity index (χ0v) is 20.3. The van der Waals surface area contributed by atoms with Gasteiger partial charge in [-0.1, -0.05) is 0 Å². The fraction of sp³-hybridized carbons (Fsp3) is 0.346. The Hall–Kier alpha value is -3.89. The van der Waals surface area contributed by atoms with Crippen LogP contribution < -0.4 is 10.1 Å². The number of aliphatic hydroxyl groups excluding tert-OH is 1. The second-order valence-corrected chi connectivity index (χ2v) is 9.02. The van der Waals surface area contributed by atoms with E-state index >= 15 is 0 Å². The monoisotopic (exact) mass is 497 g/mol. The summed E-state index contributed by atoms with van der Waals surface area (Å²) in [6, 6.07) is 3.47. The lowest BCUT2D eigenvalue weighted by Gasteiger charge is -2.29. The highest BCUT2D eigenvalue weighted by molar-refractivity contribution is 6.31. The number of aliphatic hydroxyl groups is 1. The van der Waals surface area contributed by atoms with E-state index in [1.807, 2.05) is 0 Å². The van der Waals surface area contributed by atoms with Crippen molar-refractivity contribution in [2.24, 2.45) is 0 Å². The number of ketones is 3. The van der Waals surface area contributed by atoms with Gasteiger partial charge in [0.1, 0.15) is 46.4 Å². The number of carbonyl (C=O) groups excluding carboxylic acids is 3. The highest BCUT2D eigenvalue weighted by Crippen LogP contribution is 2.57. The van der Waals surface area contributed by atoms with Crippen LogP contribution in [0.15, 0.2) is 45.9 Å². The molecule has 0 bridgehead atoms. The molecule has 2 aromatic rings. The summed E-state index contributed by atoms with van der Waals surface area (Å²) in [6.07, 6.45) is 1.72. The number of phenolic OH excluding ortho intramolecular Hbond substituents is 2. The van der Waals surface area contributed by atoms with Gasteiger partial charge in [0.15, 0.2) is 17.3 Å². The molecule has 2 aliphatic rings. The third-order valence-corrected chi connectivity index (χ3v) is 6.50. The Kier molecular flexibility index (Phi) is 6.50. The van der Waals surface area contributed by atoms with Gasteiger partial charge in [-0.25, -0.2) is 0 Å². The molecule has 4 N–H and O–H groups in total. The number of fused-ring (bicyclic) bond motifs is 3. The Labute approximate surface area is 206 Å². The molecule has 4 rings (SSSR count). The average molecular weight is 498 g/mol. The summed E-state index contributed by atoms with van der Waals surface area (Å²) >= 11 is 0. The van der Waals surface area contributed by atoms with Crippen LogP contribution in [-0.4, -0.2) is 51.9 Å². The number of phenols is 2. The summed E-state index contributed by atoms with van der Waals surface area (Å²) in [4.78, 5) is 38.9. The molecule has 0 spiro atoms. The fourth-order valence-electron chi connectivity index (χ4n) is 4.47. The van der Waals surface area contributed by atoms with Crippen molar-refractivity contribution >= 4 is 17.3 Å². The first-order valence-electron chi connectivity index (χ1n) is 11.3. The van der Waals surface area contributed by atoms with Gasteiger partial charge in [-0.2, -0.15) is 0 Å². The van der Waals surface area contributed by atoms with Crippen molar-refractivity contribution in [1.29, 1.82) is 0 Å². The predicted molar refractivity (Wildman–Crippen MR) is 126 cm³/mol. The Morgan fingerprint density at radius 3 is 2.58 bits per heavy atom. The van der Waals surface area contributed by atoms with Crippen molar-refractivity contribution in [1.82, 2.24) is 5.32 Å². The summed E-state index contributed by atoms with van der Waals surface area (Å²) in [7, 11) is 0. The van der Waals surface area contributed by atoms with E-state index in [9.17, 15) is 29.7 Å². The van der Waals surface area contributed by atoms with E-state index in [0.717, 1.165) is 6.08 Å². The molecule has 10 heteroatoms. The number of aromatic hydroxyl groups is 2. The Bertz CT molecular complexity index is 1320. The number of ether oxygens (including phenoxy) is 2. The fourth-order valence-corrected chi connectivity index (χ4v) is 4.47. The zero-order chi connectivity index (χ0) is 26.4. The first-order chi connectivity index (χ1) is 17.0. The highest BCUT2D eigenvalue weighted by Gasteiger charge is 2.56. The number of furan rings is 1. The SMILES string of the molecule is CC(=O)c1c(O)c(C)c(O)c2c1OC1=CC(=O)/C(=C(/C)NC[C@H](O)COCc3ccco3)C(=O)[C@@]12C. The summed E-state index contributed by atoms with van der Waals surface area (Å²) in [5, 5.41) is 34.4. The normalized spacial score (nSPS) is 20.9. The van der Waals surface area contributed by atoms with Gasteiger partial charge < -0.3 is 34.5 Å². The molecule has 0 unspecified atom stereocenters. The van der Waals surface area contributed by atoms with Crippen LogP contribution in [0.5, 0.6) is 17.2 Å². The van der Waals surface area contributed by atoms with Crippen molar-refractivity contribution in [2.45, 2.75) is 45.8 Å². The second-order valence-electron chi connectivity index (χ2n) is 9.02. The first kappa shape index (κ1) is 25.2. The van der Waals surface area contributed by atoms with Crippen LogP contribution in [0.25, 0.3) is 0 Å². The molecule has 190 valence electrons. The number of nitrogens with one attached hydrogen (secondary N) is 1. The maximum atomic E-state index is 13.7. The largest absolute Gasteiger partial charge is 0.507 e. The first-order valence-corrected chi connectivity index (χ1v) is 11.3. The molecule has 2 heterocycles. The molecule has 0 radical (unpaired) electrons. The van der Waals surface area contributed by atoms with Gasteiger partial charge in [0.2, 0.25) is 0 Å². The van der Waals surface area contributed by atoms with E-state index in [4.69, 9.17) is 13.9 Å². The summed E-state index contributed by atoms with van der Waals surface area (Å²) in [5.41, 5.74) is -1.68. The lowest BCUT2D eigenvalue weighted by Crippen LogP contribution is -2.41. The number of Topliss-reactive ketones (excluding diaryl/α,β-unsaturated/α-hetero) is 2. The summed E-state index contributed by atoms with van der Waals surface area (Å²) < 4.78 is 16.3. The van der Waals surface area contributed by atoms with Gasteiger partial charge in [-0.15, -0.1) is 0 Å². The molecule has 0 saturated carbocycles. The quantitative estimate of drug-likeness (QED) is 0.243. The van der Waals surface area contributed by atoms with Crippen LogP contribution in [0.4, 0.5) is 0 Å². The van der Waals surface area contributed by atoms with Crippen molar-refractivity contribution in [3.05, 3.63) is 64.0 Å².